The normalized spacial score (nSPS) is 23.8. The maximum Gasteiger partial charge on any atom is 0.306 e. The molecule has 1 heterocycles. The van der Waals surface area contributed by atoms with E-state index in [4.69, 9.17) is 14.6 Å². The molecule has 2 unspecified atom stereocenters. The molecule has 2 N–H and O–H groups in total. The number of allylic oxidation sites excluding steroid dienone is 1. The fraction of sp³-hybridized carbons (Fsp3) is 0.786. The van der Waals surface area contributed by atoms with Crippen molar-refractivity contribution in [3.63, 3.8) is 0 Å². The average molecular weight is 271 g/mol. The van der Waals surface area contributed by atoms with Gasteiger partial charge in [-0.3, -0.25) is 4.79 Å². The predicted octanol–water partition coefficient (Wildman–Crippen LogP) is 1.78. The van der Waals surface area contributed by atoms with Crippen molar-refractivity contribution in [3.8, 4) is 0 Å². The SMILES string of the molecule is COC1(OC)CCNC1CC=CCCC(C)C(=O)O. The highest BCUT2D eigenvalue weighted by Gasteiger charge is 2.42. The van der Waals surface area contributed by atoms with Crippen molar-refractivity contribution in [2.24, 2.45) is 5.92 Å². The molecule has 1 saturated heterocycles. The number of carbonyl (C=O) groups is 1. The summed E-state index contributed by atoms with van der Waals surface area (Å²) in [5.41, 5.74) is 0. The van der Waals surface area contributed by atoms with Crippen LogP contribution in [0.15, 0.2) is 12.2 Å². The second kappa shape index (κ2) is 7.62. The van der Waals surface area contributed by atoms with Gasteiger partial charge in [0.15, 0.2) is 5.79 Å². The minimum Gasteiger partial charge on any atom is -0.481 e. The van der Waals surface area contributed by atoms with E-state index < -0.39 is 11.8 Å². The number of methoxy groups -OCH3 is 2. The van der Waals surface area contributed by atoms with Gasteiger partial charge in [0.2, 0.25) is 0 Å². The summed E-state index contributed by atoms with van der Waals surface area (Å²) in [5, 5.41) is 12.1. The highest BCUT2D eigenvalue weighted by molar-refractivity contribution is 5.69. The first-order valence-electron chi connectivity index (χ1n) is 6.77. The topological polar surface area (TPSA) is 67.8 Å². The number of hydrogen-bond acceptors (Lipinski definition) is 4. The van der Waals surface area contributed by atoms with Crippen molar-refractivity contribution >= 4 is 5.97 Å². The van der Waals surface area contributed by atoms with Crippen LogP contribution in [0.1, 0.15) is 32.6 Å². The molecule has 19 heavy (non-hydrogen) atoms. The molecule has 0 aromatic heterocycles. The number of carboxylic acid groups (broad SMARTS) is 1. The zero-order valence-corrected chi connectivity index (χ0v) is 12.0. The van der Waals surface area contributed by atoms with Crippen LogP contribution in [0, 0.1) is 5.92 Å². The highest BCUT2D eigenvalue weighted by Crippen LogP contribution is 2.28. The molecule has 1 rings (SSSR count). The predicted molar refractivity (Wildman–Crippen MR) is 72.9 cm³/mol. The molecule has 5 heteroatoms. The molecule has 0 saturated carbocycles. The third-order valence-electron chi connectivity index (χ3n) is 3.81. The van der Waals surface area contributed by atoms with Gasteiger partial charge in [0.25, 0.3) is 0 Å². The maximum absolute atomic E-state index is 10.7. The van der Waals surface area contributed by atoms with Crippen LogP contribution in [0.3, 0.4) is 0 Å². The van der Waals surface area contributed by atoms with E-state index in [2.05, 4.69) is 11.4 Å². The molecular weight excluding hydrogens is 246 g/mol. The first-order valence-corrected chi connectivity index (χ1v) is 6.77. The van der Waals surface area contributed by atoms with Crippen LogP contribution in [0.4, 0.5) is 0 Å². The van der Waals surface area contributed by atoms with Crippen molar-refractivity contribution in [1.82, 2.24) is 5.32 Å². The number of carboxylic acids is 1. The van der Waals surface area contributed by atoms with Crippen molar-refractivity contribution < 1.29 is 19.4 Å². The standard InChI is InChI=1S/C14H25NO4/c1-11(13(16)17)7-5-4-6-8-12-14(18-2,19-3)9-10-15-12/h4,6,11-12,15H,5,7-10H2,1-3H3,(H,16,17). The highest BCUT2D eigenvalue weighted by atomic mass is 16.7. The monoisotopic (exact) mass is 271 g/mol. The Morgan fingerprint density at radius 1 is 1.47 bits per heavy atom. The summed E-state index contributed by atoms with van der Waals surface area (Å²) in [7, 11) is 3.34. The summed E-state index contributed by atoms with van der Waals surface area (Å²) in [6.07, 6.45) is 7.23. The van der Waals surface area contributed by atoms with E-state index in [0.29, 0.717) is 6.42 Å². The Hall–Kier alpha value is -0.910. The van der Waals surface area contributed by atoms with Crippen molar-refractivity contribution in [1.29, 1.82) is 0 Å². The maximum atomic E-state index is 10.7. The van der Waals surface area contributed by atoms with Gasteiger partial charge in [-0.15, -0.1) is 0 Å². The third-order valence-corrected chi connectivity index (χ3v) is 3.81. The number of aliphatic carboxylic acids is 1. The fourth-order valence-electron chi connectivity index (χ4n) is 2.41. The van der Waals surface area contributed by atoms with Gasteiger partial charge in [0.1, 0.15) is 0 Å². The summed E-state index contributed by atoms with van der Waals surface area (Å²) in [6, 6.07) is 0.149. The van der Waals surface area contributed by atoms with Crippen LogP contribution in [0.25, 0.3) is 0 Å². The van der Waals surface area contributed by atoms with Crippen LogP contribution in [0.2, 0.25) is 0 Å². The number of rotatable bonds is 8. The fourth-order valence-corrected chi connectivity index (χ4v) is 2.41. The zero-order valence-electron chi connectivity index (χ0n) is 12.0. The van der Waals surface area contributed by atoms with Gasteiger partial charge >= 0.3 is 5.97 Å². The van der Waals surface area contributed by atoms with Gasteiger partial charge in [-0.05, 0) is 19.3 Å². The lowest BCUT2D eigenvalue weighted by Gasteiger charge is -2.31. The lowest BCUT2D eigenvalue weighted by molar-refractivity contribution is -0.210. The molecule has 0 bridgehead atoms. The van der Waals surface area contributed by atoms with E-state index in [1.54, 1.807) is 21.1 Å². The molecule has 0 aliphatic carbocycles. The van der Waals surface area contributed by atoms with Gasteiger partial charge < -0.3 is 19.9 Å². The van der Waals surface area contributed by atoms with Crippen LogP contribution < -0.4 is 5.32 Å². The second-order valence-electron chi connectivity index (χ2n) is 5.00. The summed E-state index contributed by atoms with van der Waals surface area (Å²) in [6.45, 7) is 2.62. The molecule has 0 spiro atoms. The van der Waals surface area contributed by atoms with Gasteiger partial charge in [-0.25, -0.2) is 0 Å². The van der Waals surface area contributed by atoms with Crippen LogP contribution in [-0.2, 0) is 14.3 Å². The Bertz CT molecular complexity index is 313. The molecule has 1 aliphatic heterocycles. The Balaban J connectivity index is 2.33. The van der Waals surface area contributed by atoms with E-state index in [1.165, 1.54) is 0 Å². The number of nitrogens with one attached hydrogen (secondary N) is 1. The molecule has 0 amide bonds. The van der Waals surface area contributed by atoms with E-state index in [-0.39, 0.29) is 12.0 Å². The Labute approximate surface area is 115 Å². The molecule has 1 fully saturated rings. The van der Waals surface area contributed by atoms with E-state index in [9.17, 15) is 4.79 Å². The lowest BCUT2D eigenvalue weighted by atomic mass is 10.0. The van der Waals surface area contributed by atoms with Gasteiger partial charge in [0.05, 0.1) is 12.0 Å². The van der Waals surface area contributed by atoms with Crippen LogP contribution in [0.5, 0.6) is 0 Å². The van der Waals surface area contributed by atoms with Crippen LogP contribution in [-0.4, -0.2) is 43.7 Å². The van der Waals surface area contributed by atoms with E-state index in [1.807, 2.05) is 6.08 Å². The molecule has 0 aromatic rings. The quantitative estimate of drug-likeness (QED) is 0.520. The van der Waals surface area contributed by atoms with Crippen molar-refractivity contribution in [3.05, 3.63) is 12.2 Å². The van der Waals surface area contributed by atoms with E-state index >= 15 is 0 Å². The largest absolute Gasteiger partial charge is 0.481 e. The number of hydrogen-bond donors (Lipinski definition) is 2. The molecule has 2 atom stereocenters. The zero-order chi connectivity index (χ0) is 14.3. The Kier molecular flexibility index (Phi) is 6.48. The van der Waals surface area contributed by atoms with Crippen LogP contribution >= 0.6 is 0 Å². The molecule has 0 aromatic carbocycles. The molecule has 0 radical (unpaired) electrons. The molecule has 5 nitrogen and oxygen atoms in total. The van der Waals surface area contributed by atoms with Gasteiger partial charge in [-0.1, -0.05) is 19.1 Å². The summed E-state index contributed by atoms with van der Waals surface area (Å²) in [5.74, 6) is -1.55. The first-order chi connectivity index (χ1) is 9.05. The minimum atomic E-state index is -0.733. The smallest absolute Gasteiger partial charge is 0.306 e. The summed E-state index contributed by atoms with van der Waals surface area (Å²) >= 11 is 0. The van der Waals surface area contributed by atoms with Gasteiger partial charge in [-0.2, -0.15) is 0 Å². The molecule has 1 aliphatic rings. The van der Waals surface area contributed by atoms with Crippen molar-refractivity contribution in [2.45, 2.75) is 44.4 Å². The van der Waals surface area contributed by atoms with Gasteiger partial charge in [0, 0.05) is 27.2 Å². The lowest BCUT2D eigenvalue weighted by Crippen LogP contribution is -2.45. The third kappa shape index (κ3) is 4.30. The first kappa shape index (κ1) is 16.1. The molecule has 110 valence electrons. The summed E-state index contributed by atoms with van der Waals surface area (Å²) < 4.78 is 11.0. The van der Waals surface area contributed by atoms with E-state index in [0.717, 1.165) is 25.8 Å². The minimum absolute atomic E-state index is 0.149. The number of ether oxygens (including phenoxy) is 2. The second-order valence-corrected chi connectivity index (χ2v) is 5.00. The van der Waals surface area contributed by atoms with Crippen molar-refractivity contribution in [2.75, 3.05) is 20.8 Å². The average Bonchev–Trinajstić information content (AvgIpc) is 2.81. The summed E-state index contributed by atoms with van der Waals surface area (Å²) in [4.78, 5) is 10.7. The molecular formula is C14H25NO4. The Morgan fingerprint density at radius 3 is 2.74 bits per heavy atom. The Morgan fingerprint density at radius 2 is 2.16 bits per heavy atom.